The first-order chi connectivity index (χ1) is 8.17. The van der Waals surface area contributed by atoms with Crippen LogP contribution in [0, 0.1) is 0 Å². The van der Waals surface area contributed by atoms with Crippen molar-refractivity contribution in [3.05, 3.63) is 18.2 Å². The lowest BCUT2D eigenvalue weighted by atomic mass is 9.82. The molecular formula is C13H21BNO3. The van der Waals surface area contributed by atoms with Crippen LogP contribution in [0.5, 0.6) is 5.75 Å². The molecule has 3 N–H and O–H groups in total. The van der Waals surface area contributed by atoms with E-state index in [0.717, 1.165) is 5.46 Å². The average Bonchev–Trinajstić information content (AvgIpc) is 2.26. The molecule has 1 rings (SSSR count). The molecule has 0 fully saturated rings. The first-order valence-electron chi connectivity index (χ1n) is 5.84. The molecule has 0 aliphatic heterocycles. The van der Waals surface area contributed by atoms with Crippen LogP contribution in [-0.4, -0.2) is 30.9 Å². The van der Waals surface area contributed by atoms with Gasteiger partial charge in [0.2, 0.25) is 0 Å². The van der Waals surface area contributed by atoms with E-state index in [0.29, 0.717) is 11.4 Å². The van der Waals surface area contributed by atoms with Crippen molar-refractivity contribution in [2.24, 2.45) is 0 Å². The van der Waals surface area contributed by atoms with E-state index in [-0.39, 0.29) is 0 Å². The molecule has 0 spiro atoms. The third kappa shape index (κ3) is 3.40. The van der Waals surface area contributed by atoms with E-state index in [1.807, 2.05) is 19.9 Å². The summed E-state index contributed by atoms with van der Waals surface area (Å²) in [4.78, 5) is 0. The lowest BCUT2D eigenvalue weighted by Gasteiger charge is -2.37. The summed E-state index contributed by atoms with van der Waals surface area (Å²) in [5, 5.41) is 9.98. The Bertz CT molecular complexity index is 413. The highest BCUT2D eigenvalue weighted by Crippen LogP contribution is 2.24. The molecule has 1 radical (unpaired) electrons. The zero-order valence-corrected chi connectivity index (χ0v) is 11.7. The highest BCUT2D eigenvalue weighted by molar-refractivity contribution is 6.47. The van der Waals surface area contributed by atoms with Gasteiger partial charge in [-0.3, -0.25) is 0 Å². The summed E-state index contributed by atoms with van der Waals surface area (Å²) in [5.74, 6) is 0.605. The van der Waals surface area contributed by atoms with E-state index >= 15 is 0 Å². The van der Waals surface area contributed by atoms with Crippen LogP contribution in [0.25, 0.3) is 0 Å². The van der Waals surface area contributed by atoms with Crippen LogP contribution in [0.1, 0.15) is 27.7 Å². The second kappa shape index (κ2) is 5.20. The van der Waals surface area contributed by atoms with E-state index < -0.39 is 11.2 Å². The molecule has 0 aliphatic rings. The number of anilines is 1. The lowest BCUT2D eigenvalue weighted by Crippen LogP contribution is -2.49. The molecule has 0 saturated heterocycles. The smallest absolute Gasteiger partial charge is 0.331 e. The van der Waals surface area contributed by atoms with Gasteiger partial charge in [-0.15, -0.1) is 0 Å². The molecule has 0 aliphatic carbocycles. The molecule has 0 saturated carbocycles. The Morgan fingerprint density at radius 2 is 1.83 bits per heavy atom. The number of hydrogen-bond acceptors (Lipinski definition) is 4. The molecular weight excluding hydrogens is 229 g/mol. The minimum absolute atomic E-state index is 0.580. The maximum atomic E-state index is 9.98. The van der Waals surface area contributed by atoms with Gasteiger partial charge in [0, 0.05) is 0 Å². The minimum atomic E-state index is -0.943. The summed E-state index contributed by atoms with van der Waals surface area (Å²) < 4.78 is 10.8. The fourth-order valence-electron chi connectivity index (χ4n) is 1.16. The van der Waals surface area contributed by atoms with Crippen LogP contribution in [-0.2, 0) is 4.65 Å². The molecule has 0 amide bonds. The Hall–Kier alpha value is -1.20. The second-order valence-electron chi connectivity index (χ2n) is 5.31. The third-order valence-corrected chi connectivity index (χ3v) is 3.22. The van der Waals surface area contributed by atoms with E-state index in [1.165, 1.54) is 0 Å². The number of ether oxygens (including phenoxy) is 1. The minimum Gasteiger partial charge on any atom is -0.495 e. The van der Waals surface area contributed by atoms with Gasteiger partial charge >= 0.3 is 7.48 Å². The molecule has 1 aromatic carbocycles. The fraction of sp³-hybridized carbons (Fsp3) is 0.538. The van der Waals surface area contributed by atoms with Gasteiger partial charge in [-0.2, -0.15) is 0 Å². The summed E-state index contributed by atoms with van der Waals surface area (Å²) in [5.41, 5.74) is 5.51. The molecule has 0 aromatic heterocycles. The molecule has 99 valence electrons. The van der Waals surface area contributed by atoms with E-state index in [1.54, 1.807) is 40.6 Å². The van der Waals surface area contributed by atoms with Crippen molar-refractivity contribution in [3.8, 4) is 5.75 Å². The molecule has 0 unspecified atom stereocenters. The Balaban J connectivity index is 2.75. The van der Waals surface area contributed by atoms with E-state index in [2.05, 4.69) is 0 Å². The van der Waals surface area contributed by atoms with Gasteiger partial charge in [0.1, 0.15) is 5.75 Å². The van der Waals surface area contributed by atoms with Gasteiger partial charge in [-0.1, -0.05) is 6.07 Å². The monoisotopic (exact) mass is 250 g/mol. The van der Waals surface area contributed by atoms with Crippen molar-refractivity contribution < 1.29 is 14.5 Å². The second-order valence-corrected chi connectivity index (χ2v) is 5.31. The van der Waals surface area contributed by atoms with Crippen molar-refractivity contribution in [2.45, 2.75) is 38.9 Å². The van der Waals surface area contributed by atoms with Gasteiger partial charge in [0.15, 0.2) is 0 Å². The summed E-state index contributed by atoms with van der Waals surface area (Å²) >= 11 is 0. The Kier molecular flexibility index (Phi) is 4.30. The van der Waals surface area contributed by atoms with Gasteiger partial charge in [0.05, 0.1) is 24.0 Å². The number of nitrogen functional groups attached to an aromatic ring is 1. The molecule has 0 bridgehead atoms. The molecule has 0 atom stereocenters. The number of methoxy groups -OCH3 is 1. The van der Waals surface area contributed by atoms with Crippen molar-refractivity contribution >= 4 is 18.6 Å². The maximum absolute atomic E-state index is 9.98. The molecule has 1 aromatic rings. The van der Waals surface area contributed by atoms with Crippen LogP contribution in [0.3, 0.4) is 0 Å². The van der Waals surface area contributed by atoms with Gasteiger partial charge in [-0.05, 0) is 45.3 Å². The van der Waals surface area contributed by atoms with E-state index in [4.69, 9.17) is 15.1 Å². The number of nitrogens with two attached hydrogens (primary N) is 1. The molecule has 0 heterocycles. The zero-order chi connectivity index (χ0) is 14.0. The van der Waals surface area contributed by atoms with Crippen LogP contribution < -0.4 is 15.9 Å². The zero-order valence-electron chi connectivity index (χ0n) is 11.7. The van der Waals surface area contributed by atoms with E-state index in [9.17, 15) is 5.11 Å². The first kappa shape index (κ1) is 14.9. The Morgan fingerprint density at radius 1 is 1.22 bits per heavy atom. The fourth-order valence-corrected chi connectivity index (χ4v) is 1.16. The third-order valence-electron chi connectivity index (χ3n) is 3.22. The van der Waals surface area contributed by atoms with Crippen molar-refractivity contribution in [3.63, 3.8) is 0 Å². The van der Waals surface area contributed by atoms with Crippen LogP contribution >= 0.6 is 0 Å². The van der Waals surface area contributed by atoms with Crippen molar-refractivity contribution in [2.75, 3.05) is 12.8 Å². The highest BCUT2D eigenvalue weighted by atomic mass is 16.5. The maximum Gasteiger partial charge on any atom is 0.331 e. The van der Waals surface area contributed by atoms with Crippen molar-refractivity contribution in [1.82, 2.24) is 0 Å². The first-order valence-corrected chi connectivity index (χ1v) is 5.84. The summed E-state index contributed by atoms with van der Waals surface area (Å²) in [6.07, 6.45) is 0. The van der Waals surface area contributed by atoms with Crippen LogP contribution in [0.2, 0.25) is 0 Å². The summed E-state index contributed by atoms with van der Waals surface area (Å²) in [7, 11) is 3.16. The number of hydrogen-bond donors (Lipinski definition) is 2. The predicted octanol–water partition coefficient (Wildman–Crippen LogP) is 1.09. The Labute approximate surface area is 109 Å². The normalized spacial score (nSPS) is 12.3. The molecule has 18 heavy (non-hydrogen) atoms. The van der Waals surface area contributed by atoms with Crippen LogP contribution in [0.4, 0.5) is 5.69 Å². The van der Waals surface area contributed by atoms with Crippen LogP contribution in [0.15, 0.2) is 18.2 Å². The summed E-state index contributed by atoms with van der Waals surface area (Å²) in [6, 6.07) is 5.37. The van der Waals surface area contributed by atoms with Gasteiger partial charge in [-0.25, -0.2) is 0 Å². The SMILES string of the molecule is COc1cc([B]OC(C)(C)C(C)(C)O)ccc1N. The quantitative estimate of drug-likeness (QED) is 0.606. The number of rotatable bonds is 5. The van der Waals surface area contributed by atoms with Gasteiger partial charge in [0.25, 0.3) is 0 Å². The molecule has 4 nitrogen and oxygen atoms in total. The predicted molar refractivity (Wildman–Crippen MR) is 74.3 cm³/mol. The van der Waals surface area contributed by atoms with Crippen molar-refractivity contribution in [1.29, 1.82) is 0 Å². The average molecular weight is 250 g/mol. The van der Waals surface area contributed by atoms with Gasteiger partial charge < -0.3 is 20.2 Å². The highest BCUT2D eigenvalue weighted by Gasteiger charge is 2.35. The lowest BCUT2D eigenvalue weighted by molar-refractivity contribution is -0.0893. The standard InChI is InChI=1S/C13H21BNO3/c1-12(2,16)13(3,4)18-14-9-6-7-10(15)11(8-9)17-5/h6-8,16H,15H2,1-5H3. The molecule has 5 heteroatoms. The number of aliphatic hydroxyl groups is 1. The topological polar surface area (TPSA) is 64.7 Å². The summed E-state index contributed by atoms with van der Waals surface area (Å²) in [6.45, 7) is 7.09. The Morgan fingerprint density at radius 3 is 2.33 bits per heavy atom. The largest absolute Gasteiger partial charge is 0.495 e. The number of benzene rings is 1.